The third-order valence-electron chi connectivity index (χ3n) is 9.22. The van der Waals surface area contributed by atoms with Gasteiger partial charge in [-0.05, 0) is 56.5 Å². The van der Waals surface area contributed by atoms with Crippen molar-refractivity contribution >= 4 is 33.5 Å². The Morgan fingerprint density at radius 3 is 2.60 bits per heavy atom. The highest BCUT2D eigenvalue weighted by molar-refractivity contribution is 6.07. The highest BCUT2D eigenvalue weighted by atomic mass is 16.5. The first-order chi connectivity index (χ1) is 21.0. The van der Waals surface area contributed by atoms with E-state index in [0.29, 0.717) is 37.3 Å². The van der Waals surface area contributed by atoms with Gasteiger partial charge in [-0.3, -0.25) is 19.2 Å². The maximum atomic E-state index is 14.0. The smallest absolute Gasteiger partial charge is 0.259 e. The highest BCUT2D eigenvalue weighted by Crippen LogP contribution is 2.30. The molecule has 3 saturated heterocycles. The van der Waals surface area contributed by atoms with Crippen LogP contribution in [-0.4, -0.2) is 101 Å². The number of amides is 1. The number of nitrogens with zero attached hydrogens (tertiary/aromatic N) is 6. The number of aromatic nitrogens is 4. The number of H-pyrrole nitrogens is 1. The predicted octanol–water partition coefficient (Wildman–Crippen LogP) is 3.12. The first-order valence-electron chi connectivity index (χ1n) is 15.4. The standard InChI is InChI=1S/C32H39N7O4/c1-21-16-28-26(30-27(31(40)35-28)18-33-39(30)24-6-12-42-13-7-24)17-25(21)32(41)38-9-8-37(22(2)19-38)20-23-4-3-5-29(34-23)36-10-14-43-15-11-36/h3-5,16-18,22,24H,6-15,19-20H2,1-2H3,(H,35,40)/t22-/m0/s1. The SMILES string of the molecule is Cc1cc2[nH]c(=O)c3cnn(C4CCOCC4)c3c2cc1C(=O)N1CCN(Cc2cccc(N3CCOCC3)n2)[C@@H](C)C1. The number of benzene rings is 1. The highest BCUT2D eigenvalue weighted by Gasteiger charge is 2.29. The van der Waals surface area contributed by atoms with E-state index in [-0.39, 0.29) is 23.6 Å². The van der Waals surface area contributed by atoms with Crippen LogP contribution in [0.15, 0.2) is 41.3 Å². The van der Waals surface area contributed by atoms with E-state index in [9.17, 15) is 9.59 Å². The normalized spacial score (nSPS) is 20.7. The second-order valence-corrected chi connectivity index (χ2v) is 12.0. The summed E-state index contributed by atoms with van der Waals surface area (Å²) in [6, 6.07) is 10.5. The van der Waals surface area contributed by atoms with Gasteiger partial charge in [0.05, 0.1) is 47.6 Å². The number of aromatic amines is 1. The molecule has 3 aliphatic heterocycles. The van der Waals surface area contributed by atoms with Crippen molar-refractivity contribution in [1.29, 1.82) is 0 Å². The largest absolute Gasteiger partial charge is 0.381 e. The quantitative estimate of drug-likeness (QED) is 0.381. The number of pyridine rings is 2. The molecule has 226 valence electrons. The van der Waals surface area contributed by atoms with Gasteiger partial charge in [0.25, 0.3) is 11.5 Å². The van der Waals surface area contributed by atoms with Gasteiger partial charge in [0.15, 0.2) is 0 Å². The molecule has 11 heteroatoms. The molecule has 0 saturated carbocycles. The van der Waals surface area contributed by atoms with Gasteiger partial charge < -0.3 is 24.3 Å². The lowest BCUT2D eigenvalue weighted by Gasteiger charge is -2.40. The molecule has 0 bridgehead atoms. The third-order valence-corrected chi connectivity index (χ3v) is 9.22. The molecule has 0 spiro atoms. The second kappa shape index (κ2) is 11.7. The van der Waals surface area contributed by atoms with E-state index in [1.165, 1.54) is 0 Å². The Bertz CT molecular complexity index is 1700. The molecule has 7 rings (SSSR count). The van der Waals surface area contributed by atoms with Crippen molar-refractivity contribution in [2.24, 2.45) is 0 Å². The number of fused-ring (bicyclic) bond motifs is 3. The summed E-state index contributed by atoms with van der Waals surface area (Å²) in [6.45, 7) is 11.5. The average Bonchev–Trinajstić information content (AvgIpc) is 3.49. The summed E-state index contributed by atoms with van der Waals surface area (Å²) in [4.78, 5) is 41.5. The van der Waals surface area contributed by atoms with Crippen LogP contribution < -0.4 is 10.5 Å². The number of aryl methyl sites for hydroxylation is 1. The summed E-state index contributed by atoms with van der Waals surface area (Å²) < 4.78 is 13.0. The number of rotatable bonds is 5. The summed E-state index contributed by atoms with van der Waals surface area (Å²) >= 11 is 0. The van der Waals surface area contributed by atoms with Crippen LogP contribution in [0.3, 0.4) is 0 Å². The molecule has 3 aliphatic rings. The summed E-state index contributed by atoms with van der Waals surface area (Å²) in [5, 5.41) is 6.03. The Labute approximate surface area is 250 Å². The number of ether oxygens (including phenoxy) is 2. The van der Waals surface area contributed by atoms with Gasteiger partial charge in [-0.2, -0.15) is 5.10 Å². The minimum atomic E-state index is -0.158. The van der Waals surface area contributed by atoms with E-state index in [0.717, 1.165) is 85.7 Å². The minimum absolute atomic E-state index is 0.0230. The van der Waals surface area contributed by atoms with Crippen molar-refractivity contribution in [2.75, 3.05) is 64.1 Å². The van der Waals surface area contributed by atoms with Crippen LogP contribution in [0, 0.1) is 6.92 Å². The third kappa shape index (κ3) is 5.41. The summed E-state index contributed by atoms with van der Waals surface area (Å²) in [6.07, 6.45) is 3.34. The van der Waals surface area contributed by atoms with E-state index in [2.05, 4.69) is 45.0 Å². The maximum absolute atomic E-state index is 14.0. The Hall–Kier alpha value is -3.80. The van der Waals surface area contributed by atoms with Crippen molar-refractivity contribution in [3.05, 3.63) is 63.7 Å². The zero-order chi connectivity index (χ0) is 29.5. The fourth-order valence-corrected chi connectivity index (χ4v) is 6.75. The van der Waals surface area contributed by atoms with E-state index in [1.807, 2.05) is 28.6 Å². The van der Waals surface area contributed by atoms with Crippen molar-refractivity contribution in [3.63, 3.8) is 0 Å². The fraction of sp³-hybridized carbons (Fsp3) is 0.500. The van der Waals surface area contributed by atoms with E-state index >= 15 is 0 Å². The molecule has 1 aromatic carbocycles. The molecule has 11 nitrogen and oxygen atoms in total. The van der Waals surface area contributed by atoms with Crippen LogP contribution in [0.1, 0.15) is 47.4 Å². The summed E-state index contributed by atoms with van der Waals surface area (Å²) in [5.74, 6) is 1.03. The van der Waals surface area contributed by atoms with Gasteiger partial charge in [-0.25, -0.2) is 4.98 Å². The monoisotopic (exact) mass is 585 g/mol. The van der Waals surface area contributed by atoms with Crippen molar-refractivity contribution in [3.8, 4) is 0 Å². The lowest BCUT2D eigenvalue weighted by molar-refractivity contribution is 0.0491. The maximum Gasteiger partial charge on any atom is 0.259 e. The van der Waals surface area contributed by atoms with Crippen LogP contribution in [-0.2, 0) is 16.0 Å². The molecule has 1 amide bonds. The number of anilines is 1. The number of hydrogen-bond donors (Lipinski definition) is 1. The number of carbonyl (C=O) groups is 1. The van der Waals surface area contributed by atoms with E-state index in [1.54, 1.807) is 6.20 Å². The molecular weight excluding hydrogens is 546 g/mol. The molecule has 3 fully saturated rings. The van der Waals surface area contributed by atoms with Gasteiger partial charge in [0.2, 0.25) is 0 Å². The molecule has 6 heterocycles. The van der Waals surface area contributed by atoms with E-state index < -0.39 is 0 Å². The Balaban J connectivity index is 1.11. The lowest BCUT2D eigenvalue weighted by atomic mass is 10.0. The Morgan fingerprint density at radius 2 is 1.81 bits per heavy atom. The van der Waals surface area contributed by atoms with Crippen LogP contribution in [0.25, 0.3) is 21.8 Å². The van der Waals surface area contributed by atoms with Crippen molar-refractivity contribution < 1.29 is 14.3 Å². The predicted molar refractivity (Wildman–Crippen MR) is 165 cm³/mol. The van der Waals surface area contributed by atoms with Crippen LogP contribution >= 0.6 is 0 Å². The lowest BCUT2D eigenvalue weighted by Crippen LogP contribution is -2.53. The minimum Gasteiger partial charge on any atom is -0.381 e. The first-order valence-corrected chi connectivity index (χ1v) is 15.4. The molecule has 4 aromatic rings. The van der Waals surface area contributed by atoms with Crippen LogP contribution in [0.4, 0.5) is 5.82 Å². The van der Waals surface area contributed by atoms with Crippen molar-refractivity contribution in [2.45, 2.75) is 45.3 Å². The zero-order valence-electron chi connectivity index (χ0n) is 24.9. The van der Waals surface area contributed by atoms with Crippen LogP contribution in [0.5, 0.6) is 0 Å². The number of hydrogen-bond acceptors (Lipinski definition) is 8. The molecule has 0 unspecified atom stereocenters. The number of carbonyl (C=O) groups excluding carboxylic acids is 1. The Morgan fingerprint density at radius 1 is 1.02 bits per heavy atom. The number of piperazine rings is 1. The summed E-state index contributed by atoms with van der Waals surface area (Å²) in [7, 11) is 0. The molecule has 43 heavy (non-hydrogen) atoms. The summed E-state index contributed by atoms with van der Waals surface area (Å²) in [5.41, 5.74) is 3.93. The molecule has 0 aliphatic carbocycles. The topological polar surface area (TPSA) is 109 Å². The van der Waals surface area contributed by atoms with Gasteiger partial charge in [-0.1, -0.05) is 6.07 Å². The fourth-order valence-electron chi connectivity index (χ4n) is 6.75. The van der Waals surface area contributed by atoms with Crippen molar-refractivity contribution in [1.82, 2.24) is 29.5 Å². The van der Waals surface area contributed by atoms with Crippen LogP contribution in [0.2, 0.25) is 0 Å². The number of nitrogens with one attached hydrogen (secondary N) is 1. The van der Waals surface area contributed by atoms with Gasteiger partial charge in [0, 0.05) is 69.5 Å². The number of morpholine rings is 1. The zero-order valence-corrected chi connectivity index (χ0v) is 24.9. The van der Waals surface area contributed by atoms with Gasteiger partial charge in [-0.15, -0.1) is 0 Å². The molecule has 3 aromatic heterocycles. The molecule has 1 atom stereocenters. The molecule has 1 N–H and O–H groups in total. The second-order valence-electron chi connectivity index (χ2n) is 12.0. The molecule has 0 radical (unpaired) electrons. The molecular formula is C32H39N7O4. The average molecular weight is 586 g/mol. The van der Waals surface area contributed by atoms with E-state index in [4.69, 9.17) is 14.5 Å². The Kier molecular flexibility index (Phi) is 7.62. The first kappa shape index (κ1) is 28.0. The van der Waals surface area contributed by atoms with Gasteiger partial charge >= 0.3 is 0 Å². The van der Waals surface area contributed by atoms with Gasteiger partial charge in [0.1, 0.15) is 5.82 Å².